The molecule has 1 amide bonds. The van der Waals surface area contributed by atoms with Gasteiger partial charge in [-0.1, -0.05) is 11.8 Å². The Hall–Kier alpha value is -1.96. The molecule has 0 aliphatic heterocycles. The van der Waals surface area contributed by atoms with Crippen LogP contribution >= 0.6 is 23.1 Å². The van der Waals surface area contributed by atoms with Crippen molar-refractivity contribution >= 4 is 34.0 Å². The zero-order valence-electron chi connectivity index (χ0n) is 10.3. The molecule has 0 fully saturated rings. The summed E-state index contributed by atoms with van der Waals surface area (Å²) >= 11 is 2.53. The van der Waals surface area contributed by atoms with Gasteiger partial charge in [0.2, 0.25) is 11.1 Å². The largest absolute Gasteiger partial charge is 0.329 e. The predicted molar refractivity (Wildman–Crippen MR) is 75.3 cm³/mol. The van der Waals surface area contributed by atoms with E-state index in [1.165, 1.54) is 23.1 Å². The second-order valence-electron chi connectivity index (χ2n) is 3.59. The van der Waals surface area contributed by atoms with Gasteiger partial charge in [-0.2, -0.15) is 5.26 Å². The van der Waals surface area contributed by atoms with E-state index in [0.29, 0.717) is 28.8 Å². The molecule has 0 saturated carbocycles. The number of hydrogen-bond donors (Lipinski definition) is 2. The molecule has 2 heterocycles. The monoisotopic (exact) mass is 309 g/mol. The molecule has 0 spiro atoms. The number of carbonyl (C=O) groups is 1. The summed E-state index contributed by atoms with van der Waals surface area (Å²) < 4.78 is 1.55. The lowest BCUT2D eigenvalue weighted by Crippen LogP contribution is -2.16. The van der Waals surface area contributed by atoms with Crippen molar-refractivity contribution in [2.45, 2.75) is 11.7 Å². The van der Waals surface area contributed by atoms with Gasteiger partial charge in [-0.15, -0.1) is 16.4 Å². The number of hydrogen-bond acceptors (Lipinski definition) is 8. The van der Waals surface area contributed by atoms with E-state index in [9.17, 15) is 4.79 Å². The SMILES string of the molecule is N#Cc1ccsc1NC(=O)CSc1nnnn1CCN. The van der Waals surface area contributed by atoms with Gasteiger partial charge in [0.25, 0.3) is 0 Å². The standard InChI is InChI=1S/C10H11N7OS2/c11-2-3-17-10(14-15-16-17)20-6-8(18)13-9-7(5-12)1-4-19-9/h1,4H,2-3,6,11H2,(H,13,18). The van der Waals surface area contributed by atoms with Crippen LogP contribution in [0.4, 0.5) is 5.00 Å². The fourth-order valence-electron chi connectivity index (χ4n) is 1.35. The summed E-state index contributed by atoms with van der Waals surface area (Å²) in [5.74, 6) is -0.0514. The summed E-state index contributed by atoms with van der Waals surface area (Å²) in [6.07, 6.45) is 0. The lowest BCUT2D eigenvalue weighted by molar-refractivity contribution is -0.113. The molecule has 2 rings (SSSR count). The molecule has 104 valence electrons. The molecule has 0 bridgehead atoms. The Labute approximate surface area is 123 Å². The van der Waals surface area contributed by atoms with E-state index in [4.69, 9.17) is 11.0 Å². The van der Waals surface area contributed by atoms with Crippen molar-refractivity contribution in [2.75, 3.05) is 17.6 Å². The van der Waals surface area contributed by atoms with Crippen LogP contribution in [-0.2, 0) is 11.3 Å². The number of nitrogens with zero attached hydrogens (tertiary/aromatic N) is 5. The van der Waals surface area contributed by atoms with Gasteiger partial charge in [-0.05, 0) is 21.9 Å². The second-order valence-corrected chi connectivity index (χ2v) is 5.44. The molecular formula is C10H11N7OS2. The Morgan fingerprint density at radius 3 is 3.25 bits per heavy atom. The number of thioether (sulfide) groups is 1. The number of carbonyl (C=O) groups excluding carboxylic acids is 1. The Morgan fingerprint density at radius 2 is 2.50 bits per heavy atom. The Morgan fingerprint density at radius 1 is 1.65 bits per heavy atom. The third-order valence-electron chi connectivity index (χ3n) is 2.21. The molecule has 0 radical (unpaired) electrons. The number of aromatic nitrogens is 4. The summed E-state index contributed by atoms with van der Waals surface area (Å²) in [5.41, 5.74) is 5.89. The maximum absolute atomic E-state index is 11.8. The number of rotatable bonds is 6. The molecule has 3 N–H and O–H groups in total. The van der Waals surface area contributed by atoms with Crippen LogP contribution in [-0.4, -0.2) is 38.4 Å². The lowest BCUT2D eigenvalue weighted by Gasteiger charge is -2.03. The van der Waals surface area contributed by atoms with Crippen LogP contribution in [0.5, 0.6) is 0 Å². The highest BCUT2D eigenvalue weighted by molar-refractivity contribution is 7.99. The average molecular weight is 309 g/mol. The first-order valence-electron chi connectivity index (χ1n) is 5.61. The zero-order chi connectivity index (χ0) is 14.4. The van der Waals surface area contributed by atoms with Crippen molar-refractivity contribution in [1.82, 2.24) is 20.2 Å². The minimum absolute atomic E-state index is 0.160. The fraction of sp³-hybridized carbons (Fsp3) is 0.300. The highest BCUT2D eigenvalue weighted by atomic mass is 32.2. The summed E-state index contributed by atoms with van der Waals surface area (Å²) in [4.78, 5) is 11.8. The van der Waals surface area contributed by atoms with Gasteiger partial charge in [-0.25, -0.2) is 4.68 Å². The maximum atomic E-state index is 11.8. The van der Waals surface area contributed by atoms with Crippen LogP contribution in [0, 0.1) is 11.3 Å². The van der Waals surface area contributed by atoms with Gasteiger partial charge in [0.1, 0.15) is 11.1 Å². The summed E-state index contributed by atoms with van der Waals surface area (Å²) in [6.45, 7) is 0.923. The number of anilines is 1. The van der Waals surface area contributed by atoms with E-state index in [2.05, 4.69) is 20.8 Å². The first-order chi connectivity index (χ1) is 9.74. The van der Waals surface area contributed by atoms with Crippen LogP contribution in [0.3, 0.4) is 0 Å². The van der Waals surface area contributed by atoms with Gasteiger partial charge in [0.15, 0.2) is 0 Å². The average Bonchev–Trinajstić information content (AvgIpc) is 3.06. The third kappa shape index (κ3) is 3.53. The Bertz CT molecular complexity index is 630. The van der Waals surface area contributed by atoms with E-state index in [0.717, 1.165) is 0 Å². The van der Waals surface area contributed by atoms with Gasteiger partial charge in [-0.3, -0.25) is 4.79 Å². The second kappa shape index (κ2) is 6.99. The first-order valence-corrected chi connectivity index (χ1v) is 7.47. The minimum Gasteiger partial charge on any atom is -0.329 e. The van der Waals surface area contributed by atoms with Crippen LogP contribution in [0.25, 0.3) is 0 Å². The first kappa shape index (κ1) is 14.4. The molecule has 2 aromatic heterocycles. The molecular weight excluding hydrogens is 298 g/mol. The Balaban J connectivity index is 1.89. The number of tetrazole rings is 1. The van der Waals surface area contributed by atoms with Crippen molar-refractivity contribution in [2.24, 2.45) is 5.73 Å². The lowest BCUT2D eigenvalue weighted by atomic mass is 10.3. The molecule has 2 aromatic rings. The predicted octanol–water partition coefficient (Wildman–Crippen LogP) is 0.296. The van der Waals surface area contributed by atoms with Gasteiger partial charge in [0.05, 0.1) is 17.9 Å². The number of amides is 1. The molecule has 0 aliphatic rings. The van der Waals surface area contributed by atoms with Gasteiger partial charge in [0, 0.05) is 6.54 Å². The van der Waals surface area contributed by atoms with E-state index < -0.39 is 0 Å². The van der Waals surface area contributed by atoms with Crippen molar-refractivity contribution in [3.63, 3.8) is 0 Å². The van der Waals surface area contributed by atoms with Gasteiger partial charge >= 0.3 is 0 Å². The molecule has 8 nitrogen and oxygen atoms in total. The molecule has 0 aromatic carbocycles. The topological polar surface area (TPSA) is 123 Å². The summed E-state index contributed by atoms with van der Waals surface area (Å²) in [6, 6.07) is 3.68. The smallest absolute Gasteiger partial charge is 0.235 e. The molecule has 10 heteroatoms. The van der Waals surface area contributed by atoms with E-state index >= 15 is 0 Å². The molecule has 0 saturated heterocycles. The van der Waals surface area contributed by atoms with E-state index in [1.807, 2.05) is 6.07 Å². The zero-order valence-corrected chi connectivity index (χ0v) is 11.9. The van der Waals surface area contributed by atoms with Crippen LogP contribution < -0.4 is 11.1 Å². The Kier molecular flexibility index (Phi) is 5.05. The van der Waals surface area contributed by atoms with Crippen LogP contribution in [0.15, 0.2) is 16.6 Å². The number of nitrogens with two attached hydrogens (primary N) is 1. The highest BCUT2D eigenvalue weighted by Gasteiger charge is 2.11. The quantitative estimate of drug-likeness (QED) is 0.735. The van der Waals surface area contributed by atoms with E-state index in [1.54, 1.807) is 16.1 Å². The maximum Gasteiger partial charge on any atom is 0.235 e. The van der Waals surface area contributed by atoms with Crippen molar-refractivity contribution in [3.05, 3.63) is 17.0 Å². The fourth-order valence-corrected chi connectivity index (χ4v) is 2.81. The van der Waals surface area contributed by atoms with E-state index in [-0.39, 0.29) is 11.7 Å². The van der Waals surface area contributed by atoms with Crippen molar-refractivity contribution in [3.8, 4) is 6.07 Å². The molecule has 20 heavy (non-hydrogen) atoms. The number of nitrogens with one attached hydrogen (secondary N) is 1. The van der Waals surface area contributed by atoms with Crippen molar-refractivity contribution in [1.29, 1.82) is 5.26 Å². The van der Waals surface area contributed by atoms with Crippen LogP contribution in [0.2, 0.25) is 0 Å². The summed E-state index contributed by atoms with van der Waals surface area (Å²) in [5, 5.41) is 25.5. The van der Waals surface area contributed by atoms with Crippen LogP contribution in [0.1, 0.15) is 5.56 Å². The minimum atomic E-state index is -0.212. The van der Waals surface area contributed by atoms with Crippen molar-refractivity contribution < 1.29 is 4.79 Å². The highest BCUT2D eigenvalue weighted by Crippen LogP contribution is 2.22. The molecule has 0 aliphatic carbocycles. The molecule has 0 unspecified atom stereocenters. The summed E-state index contributed by atoms with van der Waals surface area (Å²) in [7, 11) is 0. The normalized spacial score (nSPS) is 10.2. The number of nitriles is 1. The van der Waals surface area contributed by atoms with Gasteiger partial charge < -0.3 is 11.1 Å². The third-order valence-corrected chi connectivity index (χ3v) is 4.00. The number of thiophene rings is 1. The molecule has 0 atom stereocenters.